The number of hydrogen-bond donors (Lipinski definition) is 1. The summed E-state index contributed by atoms with van der Waals surface area (Å²) in [6.45, 7) is 2.12. The molecule has 0 amide bonds. The predicted octanol–water partition coefficient (Wildman–Crippen LogP) is 2.82. The molecule has 0 aliphatic rings. The fraction of sp³-hybridized carbons (Fsp3) is 0.188. The molecule has 0 aliphatic heterocycles. The van der Waals surface area contributed by atoms with Crippen LogP contribution in [0.25, 0.3) is 0 Å². The second kappa shape index (κ2) is 6.66. The van der Waals surface area contributed by atoms with Crippen LogP contribution in [0.4, 0.5) is 0 Å². The van der Waals surface area contributed by atoms with Crippen molar-refractivity contribution in [3.05, 3.63) is 70.7 Å². The van der Waals surface area contributed by atoms with Crippen molar-refractivity contribution in [3.8, 4) is 0 Å². The van der Waals surface area contributed by atoms with E-state index in [1.807, 2.05) is 42.8 Å². The maximum atomic E-state index is 12.5. The van der Waals surface area contributed by atoms with Crippen LogP contribution in [0, 0.1) is 6.92 Å². The largest absolute Gasteiger partial charge is 0.263 e. The third kappa shape index (κ3) is 3.69. The lowest BCUT2D eigenvalue weighted by Gasteiger charge is -2.17. The molecule has 0 fully saturated rings. The Morgan fingerprint density at radius 2 is 2.13 bits per heavy atom. The normalized spacial score (nSPS) is 13.1. The van der Waals surface area contributed by atoms with Crippen molar-refractivity contribution in [2.75, 3.05) is 6.54 Å². The molecule has 0 unspecified atom stereocenters. The summed E-state index contributed by atoms with van der Waals surface area (Å²) >= 11 is 1.58. The van der Waals surface area contributed by atoms with Gasteiger partial charge in [0.15, 0.2) is 0 Å². The van der Waals surface area contributed by atoms with E-state index in [0.717, 1.165) is 10.4 Å². The first-order valence-corrected chi connectivity index (χ1v) is 9.51. The maximum Gasteiger partial charge on any atom is 0.240 e. The number of aromatic nitrogens is 2. The first-order valence-electron chi connectivity index (χ1n) is 7.15. The number of thiophene rings is 1. The summed E-state index contributed by atoms with van der Waals surface area (Å²) in [5, 5.41) is 6.22. The lowest BCUT2D eigenvalue weighted by atomic mass is 10.2. The molecule has 0 spiro atoms. The van der Waals surface area contributed by atoms with Crippen molar-refractivity contribution >= 4 is 21.4 Å². The molecule has 0 saturated carbocycles. The van der Waals surface area contributed by atoms with Gasteiger partial charge in [-0.25, -0.2) is 13.1 Å². The van der Waals surface area contributed by atoms with Crippen LogP contribution in [0.5, 0.6) is 0 Å². The zero-order valence-electron chi connectivity index (χ0n) is 12.6. The minimum Gasteiger partial charge on any atom is -0.263 e. The Morgan fingerprint density at radius 3 is 2.78 bits per heavy atom. The highest BCUT2D eigenvalue weighted by Crippen LogP contribution is 2.22. The average molecular weight is 347 g/mol. The highest BCUT2D eigenvalue weighted by Gasteiger charge is 2.20. The Bertz CT molecular complexity index is 822. The van der Waals surface area contributed by atoms with Gasteiger partial charge in [0.1, 0.15) is 0 Å². The van der Waals surface area contributed by atoms with Gasteiger partial charge >= 0.3 is 0 Å². The third-order valence-corrected chi connectivity index (χ3v) is 5.88. The van der Waals surface area contributed by atoms with Crippen LogP contribution in [-0.2, 0) is 10.0 Å². The molecule has 0 radical (unpaired) electrons. The van der Waals surface area contributed by atoms with Crippen molar-refractivity contribution in [1.82, 2.24) is 14.5 Å². The SMILES string of the molecule is Cc1cccc(S(=O)(=O)NC[C@@H](c2cccs2)n2cccn2)c1. The monoisotopic (exact) mass is 347 g/mol. The summed E-state index contributed by atoms with van der Waals surface area (Å²) in [5.41, 5.74) is 0.912. The summed E-state index contributed by atoms with van der Waals surface area (Å²) in [6.07, 6.45) is 3.53. The number of nitrogens with zero attached hydrogens (tertiary/aromatic N) is 2. The number of benzene rings is 1. The molecule has 0 bridgehead atoms. The fourth-order valence-electron chi connectivity index (χ4n) is 2.32. The van der Waals surface area contributed by atoms with E-state index in [4.69, 9.17) is 0 Å². The number of rotatable bonds is 6. The summed E-state index contributed by atoms with van der Waals surface area (Å²) < 4.78 is 29.4. The highest BCUT2D eigenvalue weighted by molar-refractivity contribution is 7.89. The highest BCUT2D eigenvalue weighted by atomic mass is 32.2. The van der Waals surface area contributed by atoms with Gasteiger partial charge in [-0.15, -0.1) is 11.3 Å². The summed E-state index contributed by atoms with van der Waals surface area (Å²) in [6, 6.07) is 12.5. The van der Waals surface area contributed by atoms with Gasteiger partial charge < -0.3 is 0 Å². The predicted molar refractivity (Wildman–Crippen MR) is 91.1 cm³/mol. The second-order valence-electron chi connectivity index (χ2n) is 5.19. The van der Waals surface area contributed by atoms with E-state index >= 15 is 0 Å². The molecular weight excluding hydrogens is 330 g/mol. The Labute approximate surface area is 139 Å². The molecule has 23 heavy (non-hydrogen) atoms. The second-order valence-corrected chi connectivity index (χ2v) is 7.93. The van der Waals surface area contributed by atoms with Gasteiger partial charge in [0.2, 0.25) is 10.0 Å². The topological polar surface area (TPSA) is 64.0 Å². The first-order chi connectivity index (χ1) is 11.1. The summed E-state index contributed by atoms with van der Waals surface area (Å²) in [5.74, 6) is 0. The molecule has 1 atom stereocenters. The van der Waals surface area contributed by atoms with Crippen LogP contribution in [-0.4, -0.2) is 24.7 Å². The summed E-state index contributed by atoms with van der Waals surface area (Å²) in [4.78, 5) is 1.34. The molecule has 120 valence electrons. The van der Waals surface area contributed by atoms with E-state index in [2.05, 4.69) is 9.82 Å². The fourth-order valence-corrected chi connectivity index (χ4v) is 4.29. The average Bonchev–Trinajstić information content (AvgIpc) is 3.21. The van der Waals surface area contributed by atoms with Gasteiger partial charge in [-0.3, -0.25) is 4.68 Å². The minimum absolute atomic E-state index is 0.162. The lowest BCUT2D eigenvalue weighted by molar-refractivity contribution is 0.511. The standard InChI is InChI=1S/C16H17N3O2S2/c1-13-5-2-6-14(11-13)23(20,21)18-12-15(16-7-3-10-22-16)19-9-4-8-17-19/h2-11,15,18H,12H2,1H3/t15-/m0/s1. The number of nitrogens with one attached hydrogen (secondary N) is 1. The van der Waals surface area contributed by atoms with Crippen LogP contribution in [0.1, 0.15) is 16.5 Å². The molecule has 0 saturated heterocycles. The first kappa shape index (κ1) is 15.9. The minimum atomic E-state index is -3.55. The molecule has 2 heterocycles. The van der Waals surface area contributed by atoms with Crippen molar-refractivity contribution in [3.63, 3.8) is 0 Å². The van der Waals surface area contributed by atoms with Crippen molar-refractivity contribution in [2.45, 2.75) is 17.9 Å². The summed E-state index contributed by atoms with van der Waals surface area (Å²) in [7, 11) is -3.55. The van der Waals surface area contributed by atoms with Crippen LogP contribution >= 0.6 is 11.3 Å². The van der Waals surface area contributed by atoms with Gasteiger partial charge in [-0.1, -0.05) is 18.2 Å². The zero-order chi connectivity index (χ0) is 16.3. The van der Waals surface area contributed by atoms with E-state index in [1.165, 1.54) is 0 Å². The van der Waals surface area contributed by atoms with E-state index in [1.54, 1.807) is 40.4 Å². The zero-order valence-corrected chi connectivity index (χ0v) is 14.2. The molecule has 0 aliphatic carbocycles. The van der Waals surface area contributed by atoms with Crippen LogP contribution in [0.15, 0.2) is 65.1 Å². The van der Waals surface area contributed by atoms with Gasteiger partial charge in [-0.2, -0.15) is 5.10 Å². The van der Waals surface area contributed by atoms with Crippen LogP contribution in [0.2, 0.25) is 0 Å². The smallest absolute Gasteiger partial charge is 0.240 e. The Kier molecular flexibility index (Phi) is 4.61. The molecule has 2 aromatic heterocycles. The Hall–Kier alpha value is -1.96. The molecule has 3 aromatic rings. The number of hydrogen-bond acceptors (Lipinski definition) is 4. The van der Waals surface area contributed by atoms with E-state index in [9.17, 15) is 8.42 Å². The molecular formula is C16H17N3O2S2. The molecule has 5 nitrogen and oxygen atoms in total. The van der Waals surface area contributed by atoms with E-state index in [0.29, 0.717) is 0 Å². The van der Waals surface area contributed by atoms with E-state index < -0.39 is 10.0 Å². The molecule has 1 aromatic carbocycles. The van der Waals surface area contributed by atoms with Crippen LogP contribution in [0.3, 0.4) is 0 Å². The number of aryl methyl sites for hydroxylation is 1. The van der Waals surface area contributed by atoms with Gasteiger partial charge in [0, 0.05) is 23.8 Å². The van der Waals surface area contributed by atoms with Crippen molar-refractivity contribution < 1.29 is 8.42 Å². The third-order valence-electron chi connectivity index (χ3n) is 3.48. The van der Waals surface area contributed by atoms with Crippen LogP contribution < -0.4 is 4.72 Å². The van der Waals surface area contributed by atoms with Crippen molar-refractivity contribution in [1.29, 1.82) is 0 Å². The Morgan fingerprint density at radius 1 is 1.26 bits per heavy atom. The maximum absolute atomic E-state index is 12.5. The van der Waals surface area contributed by atoms with Gasteiger partial charge in [-0.05, 0) is 42.1 Å². The van der Waals surface area contributed by atoms with Crippen molar-refractivity contribution in [2.24, 2.45) is 0 Å². The molecule has 7 heteroatoms. The Balaban J connectivity index is 1.82. The number of sulfonamides is 1. The van der Waals surface area contributed by atoms with E-state index in [-0.39, 0.29) is 17.5 Å². The molecule has 3 rings (SSSR count). The molecule has 1 N–H and O–H groups in total. The van der Waals surface area contributed by atoms with Gasteiger partial charge in [0.05, 0.1) is 10.9 Å². The van der Waals surface area contributed by atoms with Gasteiger partial charge in [0.25, 0.3) is 0 Å². The quantitative estimate of drug-likeness (QED) is 0.746. The lowest BCUT2D eigenvalue weighted by Crippen LogP contribution is -2.31.